The number of hydrogen-bond acceptors (Lipinski definition) is 5. The highest BCUT2D eigenvalue weighted by Gasteiger charge is 2.55. The summed E-state index contributed by atoms with van der Waals surface area (Å²) in [5, 5.41) is 5.61. The van der Waals surface area contributed by atoms with E-state index in [9.17, 15) is 22.8 Å². The minimum Gasteiger partial charge on any atom is -0.348 e. The van der Waals surface area contributed by atoms with E-state index in [2.05, 4.69) is 10.6 Å². The number of benzene rings is 1. The van der Waals surface area contributed by atoms with Crippen LogP contribution >= 0.6 is 0 Å². The lowest BCUT2D eigenvalue weighted by Gasteiger charge is -2.36. The molecular formula is C21H30N4O5S. The Morgan fingerprint density at radius 2 is 1.90 bits per heavy atom. The van der Waals surface area contributed by atoms with Gasteiger partial charge < -0.3 is 10.6 Å². The predicted molar refractivity (Wildman–Crippen MR) is 114 cm³/mol. The first-order valence-corrected chi connectivity index (χ1v) is 11.9. The number of nitrogens with one attached hydrogen (secondary N) is 2. The third-order valence-electron chi connectivity index (χ3n) is 6.34. The van der Waals surface area contributed by atoms with E-state index in [1.165, 1.54) is 26.2 Å². The minimum atomic E-state index is -3.53. The number of nitrogens with zero attached hydrogens (tertiary/aromatic N) is 2. The van der Waals surface area contributed by atoms with Crippen LogP contribution in [0, 0.1) is 5.92 Å². The molecule has 1 heterocycles. The molecule has 2 N–H and O–H groups in total. The number of amides is 4. The largest absolute Gasteiger partial charge is 0.348 e. The lowest BCUT2D eigenvalue weighted by Crippen LogP contribution is -2.54. The average Bonchev–Trinajstić information content (AvgIpc) is 2.95. The Labute approximate surface area is 183 Å². The molecule has 1 aliphatic heterocycles. The van der Waals surface area contributed by atoms with Crippen LogP contribution in [0.3, 0.4) is 0 Å². The highest BCUT2D eigenvalue weighted by molar-refractivity contribution is 7.89. The van der Waals surface area contributed by atoms with Gasteiger partial charge in [-0.3, -0.25) is 14.5 Å². The molecule has 2 fully saturated rings. The van der Waals surface area contributed by atoms with Gasteiger partial charge in [-0.1, -0.05) is 31.9 Å². The predicted octanol–water partition coefficient (Wildman–Crippen LogP) is 1.61. The number of rotatable bonds is 6. The highest BCUT2D eigenvalue weighted by Crippen LogP contribution is 2.38. The van der Waals surface area contributed by atoms with Crippen LogP contribution < -0.4 is 10.6 Å². The van der Waals surface area contributed by atoms with Crippen LogP contribution in [-0.2, 0) is 19.6 Å². The molecule has 10 heteroatoms. The van der Waals surface area contributed by atoms with E-state index < -0.39 is 33.5 Å². The molecule has 0 aromatic heterocycles. The van der Waals surface area contributed by atoms with E-state index in [0.717, 1.165) is 28.5 Å². The monoisotopic (exact) mass is 450 g/mol. The fourth-order valence-corrected chi connectivity index (χ4v) is 5.19. The summed E-state index contributed by atoms with van der Waals surface area (Å²) in [4.78, 5) is 39.1. The Balaban J connectivity index is 1.64. The molecular weight excluding hydrogens is 420 g/mol. The van der Waals surface area contributed by atoms with Crippen molar-refractivity contribution in [1.82, 2.24) is 19.8 Å². The van der Waals surface area contributed by atoms with Gasteiger partial charge in [-0.15, -0.1) is 0 Å². The zero-order valence-electron chi connectivity index (χ0n) is 18.3. The maximum Gasteiger partial charge on any atom is 0.325 e. The van der Waals surface area contributed by atoms with Crippen molar-refractivity contribution < 1.29 is 22.8 Å². The van der Waals surface area contributed by atoms with Crippen molar-refractivity contribution in [2.45, 2.75) is 56.0 Å². The van der Waals surface area contributed by atoms with Gasteiger partial charge in [-0.25, -0.2) is 17.5 Å². The number of carbonyl (C=O) groups is 3. The van der Waals surface area contributed by atoms with Crippen LogP contribution in [0.4, 0.5) is 4.79 Å². The van der Waals surface area contributed by atoms with Crippen LogP contribution in [0.1, 0.15) is 51.1 Å². The highest BCUT2D eigenvalue weighted by atomic mass is 32.2. The van der Waals surface area contributed by atoms with Gasteiger partial charge in [0.1, 0.15) is 12.1 Å². The molecule has 1 saturated heterocycles. The smallest absolute Gasteiger partial charge is 0.325 e. The molecule has 4 amide bonds. The molecule has 1 aliphatic carbocycles. The summed E-state index contributed by atoms with van der Waals surface area (Å²) in [5.41, 5.74) is -0.185. The Hall–Kier alpha value is -2.46. The summed E-state index contributed by atoms with van der Waals surface area (Å²) >= 11 is 0. The summed E-state index contributed by atoms with van der Waals surface area (Å²) in [6.07, 6.45) is 3.35. The molecule has 0 radical (unpaired) electrons. The van der Waals surface area contributed by atoms with Crippen LogP contribution in [0.25, 0.3) is 0 Å². The van der Waals surface area contributed by atoms with Crippen molar-refractivity contribution >= 4 is 27.9 Å². The van der Waals surface area contributed by atoms with Crippen molar-refractivity contribution in [3.05, 3.63) is 29.8 Å². The third kappa shape index (κ3) is 4.31. The summed E-state index contributed by atoms with van der Waals surface area (Å²) < 4.78 is 25.5. The zero-order valence-corrected chi connectivity index (χ0v) is 19.2. The van der Waals surface area contributed by atoms with Crippen LogP contribution in [0.5, 0.6) is 0 Å². The van der Waals surface area contributed by atoms with Gasteiger partial charge in [0, 0.05) is 14.1 Å². The van der Waals surface area contributed by atoms with Crippen molar-refractivity contribution in [2.24, 2.45) is 5.92 Å². The van der Waals surface area contributed by atoms with Crippen molar-refractivity contribution in [2.75, 3.05) is 20.6 Å². The van der Waals surface area contributed by atoms with Gasteiger partial charge in [0.15, 0.2) is 0 Å². The fraction of sp³-hybridized carbons (Fsp3) is 0.571. The third-order valence-corrected chi connectivity index (χ3v) is 8.17. The van der Waals surface area contributed by atoms with Crippen LogP contribution in [0.2, 0.25) is 0 Å². The van der Waals surface area contributed by atoms with Gasteiger partial charge >= 0.3 is 6.03 Å². The van der Waals surface area contributed by atoms with E-state index in [0.29, 0.717) is 12.0 Å². The Morgan fingerprint density at radius 3 is 2.48 bits per heavy atom. The molecule has 2 aliphatic rings. The molecule has 9 nitrogen and oxygen atoms in total. The van der Waals surface area contributed by atoms with Crippen LogP contribution in [-0.4, -0.2) is 61.6 Å². The number of sulfonamides is 1. The van der Waals surface area contributed by atoms with Crippen molar-refractivity contribution in [3.63, 3.8) is 0 Å². The number of urea groups is 1. The van der Waals surface area contributed by atoms with Gasteiger partial charge in [0.2, 0.25) is 15.9 Å². The molecule has 1 saturated carbocycles. The topological polar surface area (TPSA) is 116 Å². The quantitative estimate of drug-likeness (QED) is 0.639. The van der Waals surface area contributed by atoms with Gasteiger partial charge in [0.05, 0.1) is 10.9 Å². The van der Waals surface area contributed by atoms with Gasteiger partial charge in [-0.2, -0.15) is 0 Å². The zero-order chi connectivity index (χ0) is 23.0. The van der Waals surface area contributed by atoms with Crippen molar-refractivity contribution in [3.8, 4) is 0 Å². The summed E-state index contributed by atoms with van der Waals surface area (Å²) in [6, 6.07) is 5.28. The van der Waals surface area contributed by atoms with Gasteiger partial charge in [0.25, 0.3) is 5.91 Å². The standard InChI is InChI=1S/C21H30N4O5S/c1-14-7-5-6-12-21(14)19(27)25(20(28)23-21)13-18(26)22-15(2)16-8-10-17(11-9-16)31(29,30)24(3)4/h8-11,14-15H,5-7,12-13H2,1-4H3,(H,22,26)(H,23,28). The summed E-state index contributed by atoms with van der Waals surface area (Å²) in [5.74, 6) is -0.756. The second-order valence-corrected chi connectivity index (χ2v) is 10.7. The first-order valence-electron chi connectivity index (χ1n) is 10.4. The second-order valence-electron chi connectivity index (χ2n) is 8.59. The minimum absolute atomic E-state index is 0.0293. The molecule has 170 valence electrons. The summed E-state index contributed by atoms with van der Waals surface area (Å²) in [6.45, 7) is 3.36. The van der Waals surface area contributed by atoms with E-state index in [1.807, 2.05) is 6.92 Å². The van der Waals surface area contributed by atoms with Crippen LogP contribution in [0.15, 0.2) is 29.2 Å². The maximum absolute atomic E-state index is 13.0. The molecule has 1 aromatic carbocycles. The Bertz CT molecular complexity index is 976. The molecule has 3 atom stereocenters. The molecule has 1 aromatic rings. The Kier molecular flexibility index (Phi) is 6.43. The van der Waals surface area contributed by atoms with E-state index in [4.69, 9.17) is 0 Å². The summed E-state index contributed by atoms with van der Waals surface area (Å²) in [7, 11) is -0.614. The molecule has 3 unspecified atom stereocenters. The van der Waals surface area contributed by atoms with E-state index in [-0.39, 0.29) is 23.3 Å². The second kappa shape index (κ2) is 8.58. The SMILES string of the molecule is CC(NC(=O)CN1C(=O)NC2(CCCCC2C)C1=O)c1ccc(S(=O)(=O)N(C)C)cc1. The molecule has 1 spiro atoms. The van der Waals surface area contributed by atoms with E-state index in [1.54, 1.807) is 19.1 Å². The fourth-order valence-electron chi connectivity index (χ4n) is 4.29. The maximum atomic E-state index is 13.0. The normalized spacial score (nSPS) is 25.1. The lowest BCUT2D eigenvalue weighted by atomic mass is 9.73. The first kappa shape index (κ1) is 23.2. The van der Waals surface area contributed by atoms with Crippen molar-refractivity contribution in [1.29, 1.82) is 0 Å². The first-order chi connectivity index (χ1) is 14.5. The average molecular weight is 451 g/mol. The lowest BCUT2D eigenvalue weighted by molar-refractivity contribution is -0.137. The number of imide groups is 1. The molecule has 0 bridgehead atoms. The Morgan fingerprint density at radius 1 is 1.26 bits per heavy atom. The number of carbonyl (C=O) groups excluding carboxylic acids is 3. The van der Waals surface area contributed by atoms with E-state index >= 15 is 0 Å². The molecule has 3 rings (SSSR count). The number of hydrogen-bond donors (Lipinski definition) is 2. The van der Waals surface area contributed by atoms with Gasteiger partial charge in [-0.05, 0) is 43.4 Å². The molecule has 31 heavy (non-hydrogen) atoms.